The van der Waals surface area contributed by atoms with Crippen molar-refractivity contribution < 1.29 is 17.9 Å². The van der Waals surface area contributed by atoms with Gasteiger partial charge < -0.3 is 10.5 Å². The summed E-state index contributed by atoms with van der Waals surface area (Å²) in [4.78, 5) is 3.31. The molecule has 1 heterocycles. The van der Waals surface area contributed by atoms with Crippen molar-refractivity contribution in [1.29, 1.82) is 0 Å². The van der Waals surface area contributed by atoms with Gasteiger partial charge in [-0.25, -0.2) is 4.98 Å². The largest absolute Gasteiger partial charge is 0.492 e. The van der Waals surface area contributed by atoms with Gasteiger partial charge in [0.15, 0.2) is 0 Å². The molecule has 6 heteroatoms. The Morgan fingerprint density at radius 2 is 2.06 bits per heavy atom. The minimum Gasteiger partial charge on any atom is -0.492 e. The molecule has 0 spiro atoms. The van der Waals surface area contributed by atoms with Crippen molar-refractivity contribution in [3.63, 3.8) is 0 Å². The Balaban J connectivity index is 1.86. The standard InChI is InChI=1S/C11H13F3N2O/c12-11(13,14)10-2-1-9(5-16-10)17-6-7-3-8(15)4-7/h1-2,5,7-8H,3-4,6,15H2/t7-,8+. The van der Waals surface area contributed by atoms with Gasteiger partial charge in [0.2, 0.25) is 0 Å². The van der Waals surface area contributed by atoms with E-state index >= 15 is 0 Å². The molecule has 1 aromatic rings. The molecule has 1 saturated carbocycles. The van der Waals surface area contributed by atoms with Crippen LogP contribution >= 0.6 is 0 Å². The van der Waals surface area contributed by atoms with E-state index in [-0.39, 0.29) is 6.04 Å². The van der Waals surface area contributed by atoms with Gasteiger partial charge in [-0.15, -0.1) is 0 Å². The summed E-state index contributed by atoms with van der Waals surface area (Å²) in [6, 6.07) is 2.45. The molecule has 2 rings (SSSR count). The normalized spacial score (nSPS) is 24.2. The summed E-state index contributed by atoms with van der Waals surface area (Å²) < 4.78 is 42.0. The van der Waals surface area contributed by atoms with Crippen molar-refractivity contribution in [3.05, 3.63) is 24.0 Å². The van der Waals surface area contributed by atoms with E-state index in [1.165, 1.54) is 6.07 Å². The molecular weight excluding hydrogens is 233 g/mol. The number of pyridine rings is 1. The zero-order valence-electron chi connectivity index (χ0n) is 9.07. The van der Waals surface area contributed by atoms with Crippen LogP contribution in [0.5, 0.6) is 5.75 Å². The number of hydrogen-bond acceptors (Lipinski definition) is 3. The minimum atomic E-state index is -4.40. The van der Waals surface area contributed by atoms with Crippen LogP contribution in [0.1, 0.15) is 18.5 Å². The molecule has 0 aromatic carbocycles. The van der Waals surface area contributed by atoms with Crippen molar-refractivity contribution in [1.82, 2.24) is 4.98 Å². The number of aromatic nitrogens is 1. The average Bonchev–Trinajstić information content (AvgIpc) is 2.22. The van der Waals surface area contributed by atoms with Gasteiger partial charge >= 0.3 is 6.18 Å². The fourth-order valence-corrected chi connectivity index (χ4v) is 1.77. The maximum Gasteiger partial charge on any atom is 0.433 e. The van der Waals surface area contributed by atoms with Gasteiger partial charge in [0.25, 0.3) is 0 Å². The quantitative estimate of drug-likeness (QED) is 0.889. The summed E-state index contributed by atoms with van der Waals surface area (Å²) in [6.07, 6.45) is -1.48. The van der Waals surface area contributed by atoms with Crippen molar-refractivity contribution in [2.75, 3.05) is 6.61 Å². The Morgan fingerprint density at radius 1 is 1.35 bits per heavy atom. The molecule has 0 atom stereocenters. The van der Waals surface area contributed by atoms with Crippen molar-refractivity contribution in [2.45, 2.75) is 25.1 Å². The fourth-order valence-electron chi connectivity index (χ4n) is 1.77. The maximum absolute atomic E-state index is 12.2. The molecule has 0 unspecified atom stereocenters. The smallest absolute Gasteiger partial charge is 0.433 e. The lowest BCUT2D eigenvalue weighted by Gasteiger charge is -2.31. The van der Waals surface area contributed by atoms with Crippen LogP contribution in [0.2, 0.25) is 0 Å². The van der Waals surface area contributed by atoms with Crippen LogP contribution in [0.4, 0.5) is 13.2 Å². The van der Waals surface area contributed by atoms with E-state index in [4.69, 9.17) is 10.5 Å². The third-order valence-corrected chi connectivity index (χ3v) is 2.78. The highest BCUT2D eigenvalue weighted by atomic mass is 19.4. The van der Waals surface area contributed by atoms with Gasteiger partial charge in [-0.2, -0.15) is 13.2 Å². The maximum atomic E-state index is 12.2. The van der Waals surface area contributed by atoms with E-state index in [0.717, 1.165) is 25.1 Å². The molecule has 3 nitrogen and oxygen atoms in total. The van der Waals surface area contributed by atoms with Gasteiger partial charge in [-0.1, -0.05) is 0 Å². The van der Waals surface area contributed by atoms with E-state index in [1.54, 1.807) is 0 Å². The predicted octanol–water partition coefficient (Wildman–Crippen LogP) is 2.22. The topological polar surface area (TPSA) is 48.1 Å². The van der Waals surface area contributed by atoms with Gasteiger partial charge in [0.1, 0.15) is 11.4 Å². The summed E-state index contributed by atoms with van der Waals surface area (Å²) >= 11 is 0. The van der Waals surface area contributed by atoms with Gasteiger partial charge in [0, 0.05) is 6.04 Å². The Morgan fingerprint density at radius 3 is 2.53 bits per heavy atom. The molecular formula is C11H13F3N2O. The van der Waals surface area contributed by atoms with E-state index in [1.807, 2.05) is 0 Å². The Labute approximate surface area is 96.8 Å². The highest BCUT2D eigenvalue weighted by Gasteiger charge is 2.32. The van der Waals surface area contributed by atoms with Crippen LogP contribution < -0.4 is 10.5 Å². The lowest BCUT2D eigenvalue weighted by molar-refractivity contribution is -0.141. The Kier molecular flexibility index (Phi) is 3.24. The summed E-state index contributed by atoms with van der Waals surface area (Å²) in [5, 5.41) is 0. The lowest BCUT2D eigenvalue weighted by atomic mass is 9.82. The first-order valence-corrected chi connectivity index (χ1v) is 5.37. The molecule has 1 aliphatic rings. The molecule has 1 aliphatic carbocycles. The van der Waals surface area contributed by atoms with Crippen molar-refractivity contribution in [3.8, 4) is 5.75 Å². The van der Waals surface area contributed by atoms with Crippen LogP contribution in [0.3, 0.4) is 0 Å². The van der Waals surface area contributed by atoms with Crippen molar-refractivity contribution >= 4 is 0 Å². The van der Waals surface area contributed by atoms with Crippen LogP contribution in [0, 0.1) is 5.92 Å². The van der Waals surface area contributed by atoms with E-state index < -0.39 is 11.9 Å². The first kappa shape index (κ1) is 12.2. The molecule has 0 aliphatic heterocycles. The number of rotatable bonds is 3. The number of ether oxygens (including phenoxy) is 1. The van der Waals surface area contributed by atoms with Crippen LogP contribution in [-0.4, -0.2) is 17.6 Å². The third kappa shape index (κ3) is 3.09. The molecule has 0 bridgehead atoms. The Bertz CT molecular complexity index is 371. The number of halogens is 3. The van der Waals surface area contributed by atoms with Gasteiger partial charge in [0.05, 0.1) is 12.8 Å². The predicted molar refractivity (Wildman–Crippen MR) is 55.4 cm³/mol. The van der Waals surface area contributed by atoms with Crippen LogP contribution in [0.15, 0.2) is 18.3 Å². The summed E-state index contributed by atoms with van der Waals surface area (Å²) in [7, 11) is 0. The van der Waals surface area contributed by atoms with E-state index in [0.29, 0.717) is 18.3 Å². The molecule has 2 N–H and O–H groups in total. The second kappa shape index (κ2) is 4.52. The summed E-state index contributed by atoms with van der Waals surface area (Å²) in [5.74, 6) is 0.769. The first-order chi connectivity index (χ1) is 7.95. The summed E-state index contributed by atoms with van der Waals surface area (Å²) in [6.45, 7) is 0.487. The highest BCUT2D eigenvalue weighted by Crippen LogP contribution is 2.29. The number of nitrogens with two attached hydrogens (primary N) is 1. The Hall–Kier alpha value is -1.30. The number of hydrogen-bond donors (Lipinski definition) is 1. The zero-order valence-corrected chi connectivity index (χ0v) is 9.07. The highest BCUT2D eigenvalue weighted by molar-refractivity contribution is 5.21. The molecule has 1 aromatic heterocycles. The number of nitrogens with zero attached hydrogens (tertiary/aromatic N) is 1. The molecule has 94 valence electrons. The number of alkyl halides is 3. The minimum absolute atomic E-state index is 0.245. The van der Waals surface area contributed by atoms with Gasteiger partial charge in [-0.3, -0.25) is 0 Å². The van der Waals surface area contributed by atoms with E-state index in [2.05, 4.69) is 4.98 Å². The molecule has 0 radical (unpaired) electrons. The fraction of sp³-hybridized carbons (Fsp3) is 0.545. The van der Waals surface area contributed by atoms with Gasteiger partial charge in [-0.05, 0) is 30.9 Å². The second-order valence-electron chi connectivity index (χ2n) is 4.29. The molecule has 1 fully saturated rings. The van der Waals surface area contributed by atoms with E-state index in [9.17, 15) is 13.2 Å². The average molecular weight is 246 g/mol. The lowest BCUT2D eigenvalue weighted by Crippen LogP contribution is -2.39. The second-order valence-corrected chi connectivity index (χ2v) is 4.29. The first-order valence-electron chi connectivity index (χ1n) is 5.37. The zero-order chi connectivity index (χ0) is 12.5. The SMILES string of the molecule is N[C@H]1C[C@@H](COc2ccc(C(F)(F)F)nc2)C1. The van der Waals surface area contributed by atoms with Crippen LogP contribution in [0.25, 0.3) is 0 Å². The van der Waals surface area contributed by atoms with Crippen LogP contribution in [-0.2, 0) is 6.18 Å². The van der Waals surface area contributed by atoms with Crippen molar-refractivity contribution in [2.24, 2.45) is 11.7 Å². The molecule has 0 saturated heterocycles. The monoisotopic (exact) mass is 246 g/mol. The molecule has 17 heavy (non-hydrogen) atoms. The summed E-state index contributed by atoms with van der Waals surface area (Å²) in [5.41, 5.74) is 4.71. The molecule has 0 amide bonds. The third-order valence-electron chi connectivity index (χ3n) is 2.78.